The SMILES string of the molecule is CC(C)C(O)C1(C#N)CCOCC1. The molecule has 3 nitrogen and oxygen atoms in total. The fourth-order valence-electron chi connectivity index (χ4n) is 1.85. The van der Waals surface area contributed by atoms with Crippen molar-refractivity contribution in [2.24, 2.45) is 11.3 Å². The predicted octanol–water partition coefficient (Wildman–Crippen LogP) is 1.32. The molecule has 0 amide bonds. The van der Waals surface area contributed by atoms with Gasteiger partial charge in [-0.3, -0.25) is 0 Å². The lowest BCUT2D eigenvalue weighted by Crippen LogP contribution is -2.42. The van der Waals surface area contributed by atoms with Crippen molar-refractivity contribution in [3.05, 3.63) is 0 Å². The first-order chi connectivity index (χ1) is 6.12. The molecule has 0 aromatic heterocycles. The molecule has 1 fully saturated rings. The van der Waals surface area contributed by atoms with E-state index in [4.69, 9.17) is 10.00 Å². The summed E-state index contributed by atoms with van der Waals surface area (Å²) in [5.41, 5.74) is -0.563. The van der Waals surface area contributed by atoms with E-state index in [2.05, 4.69) is 6.07 Å². The minimum Gasteiger partial charge on any atom is -0.391 e. The number of rotatable bonds is 2. The van der Waals surface area contributed by atoms with Gasteiger partial charge in [-0.1, -0.05) is 13.8 Å². The number of hydrogen-bond donors (Lipinski definition) is 1. The molecule has 0 aliphatic carbocycles. The molecule has 0 aromatic rings. The highest BCUT2D eigenvalue weighted by molar-refractivity contribution is 5.05. The Balaban J connectivity index is 2.74. The van der Waals surface area contributed by atoms with E-state index in [0.29, 0.717) is 26.1 Å². The molecular formula is C10H17NO2. The van der Waals surface area contributed by atoms with Gasteiger partial charge in [0.05, 0.1) is 17.6 Å². The van der Waals surface area contributed by atoms with Crippen molar-refractivity contribution in [1.82, 2.24) is 0 Å². The van der Waals surface area contributed by atoms with Crippen LogP contribution in [0.2, 0.25) is 0 Å². The molecule has 1 aliphatic heterocycles. The van der Waals surface area contributed by atoms with Gasteiger partial charge in [0.2, 0.25) is 0 Å². The number of nitriles is 1. The van der Waals surface area contributed by atoms with Gasteiger partial charge in [0.15, 0.2) is 0 Å². The molecule has 0 spiro atoms. The van der Waals surface area contributed by atoms with Crippen LogP contribution < -0.4 is 0 Å². The summed E-state index contributed by atoms with van der Waals surface area (Å²) < 4.78 is 5.19. The standard InChI is InChI=1S/C10H17NO2/c1-8(2)9(12)10(7-11)3-5-13-6-4-10/h8-9,12H,3-6H2,1-2H3. The highest BCUT2D eigenvalue weighted by Gasteiger charge is 2.41. The third-order valence-electron chi connectivity index (χ3n) is 2.81. The van der Waals surface area contributed by atoms with Gasteiger partial charge in [-0.2, -0.15) is 5.26 Å². The van der Waals surface area contributed by atoms with Gasteiger partial charge in [-0.25, -0.2) is 0 Å². The zero-order valence-electron chi connectivity index (χ0n) is 8.29. The molecule has 3 heteroatoms. The van der Waals surface area contributed by atoms with Crippen molar-refractivity contribution in [2.45, 2.75) is 32.8 Å². The summed E-state index contributed by atoms with van der Waals surface area (Å²) in [5, 5.41) is 19.0. The Morgan fingerprint density at radius 1 is 1.38 bits per heavy atom. The molecule has 1 heterocycles. The van der Waals surface area contributed by atoms with E-state index in [-0.39, 0.29) is 5.92 Å². The number of aliphatic hydroxyl groups excluding tert-OH is 1. The van der Waals surface area contributed by atoms with E-state index in [0.717, 1.165) is 0 Å². The normalized spacial score (nSPS) is 23.9. The second-order valence-electron chi connectivity index (χ2n) is 4.07. The molecule has 0 saturated carbocycles. The van der Waals surface area contributed by atoms with Crippen molar-refractivity contribution in [3.63, 3.8) is 0 Å². The molecule has 13 heavy (non-hydrogen) atoms. The number of nitrogens with zero attached hydrogens (tertiary/aromatic N) is 1. The van der Waals surface area contributed by atoms with E-state index in [1.54, 1.807) is 0 Å². The average Bonchev–Trinajstić information content (AvgIpc) is 2.17. The van der Waals surface area contributed by atoms with Crippen LogP contribution in [0.15, 0.2) is 0 Å². The summed E-state index contributed by atoms with van der Waals surface area (Å²) in [4.78, 5) is 0. The van der Waals surface area contributed by atoms with Gasteiger partial charge in [0.25, 0.3) is 0 Å². The van der Waals surface area contributed by atoms with Crippen molar-refractivity contribution in [2.75, 3.05) is 13.2 Å². The van der Waals surface area contributed by atoms with E-state index >= 15 is 0 Å². The lowest BCUT2D eigenvalue weighted by molar-refractivity contribution is -0.0480. The first kappa shape index (κ1) is 10.5. The Hall–Kier alpha value is -0.590. The molecule has 0 bridgehead atoms. The van der Waals surface area contributed by atoms with Crippen molar-refractivity contribution >= 4 is 0 Å². The summed E-state index contributed by atoms with van der Waals surface area (Å²) in [6.07, 6.45) is 0.785. The van der Waals surface area contributed by atoms with Crippen LogP contribution in [0.25, 0.3) is 0 Å². The van der Waals surface area contributed by atoms with Gasteiger partial charge >= 0.3 is 0 Å². The topological polar surface area (TPSA) is 53.2 Å². The van der Waals surface area contributed by atoms with Crippen molar-refractivity contribution in [3.8, 4) is 6.07 Å². The monoisotopic (exact) mass is 183 g/mol. The Morgan fingerprint density at radius 2 is 1.92 bits per heavy atom. The zero-order valence-corrected chi connectivity index (χ0v) is 8.29. The van der Waals surface area contributed by atoms with Crippen LogP contribution in [0.3, 0.4) is 0 Å². The van der Waals surface area contributed by atoms with Crippen molar-refractivity contribution in [1.29, 1.82) is 5.26 Å². The number of hydrogen-bond acceptors (Lipinski definition) is 3. The smallest absolute Gasteiger partial charge is 0.0878 e. The Kier molecular flexibility index (Phi) is 3.29. The summed E-state index contributed by atoms with van der Waals surface area (Å²) in [6, 6.07) is 2.27. The molecule has 0 radical (unpaired) electrons. The van der Waals surface area contributed by atoms with Crippen LogP contribution in [0.1, 0.15) is 26.7 Å². The fraction of sp³-hybridized carbons (Fsp3) is 0.900. The lowest BCUT2D eigenvalue weighted by atomic mass is 9.73. The maximum atomic E-state index is 9.92. The second kappa shape index (κ2) is 4.08. The number of ether oxygens (including phenoxy) is 1. The molecule has 1 rings (SSSR count). The molecule has 0 aromatic carbocycles. The summed E-state index contributed by atoms with van der Waals surface area (Å²) in [6.45, 7) is 5.08. The van der Waals surface area contributed by atoms with Gasteiger partial charge in [-0.05, 0) is 18.8 Å². The van der Waals surface area contributed by atoms with Gasteiger partial charge < -0.3 is 9.84 Å². The molecule has 1 aliphatic rings. The highest BCUT2D eigenvalue weighted by atomic mass is 16.5. The summed E-state index contributed by atoms with van der Waals surface area (Å²) >= 11 is 0. The average molecular weight is 183 g/mol. The van der Waals surface area contributed by atoms with Crippen LogP contribution >= 0.6 is 0 Å². The largest absolute Gasteiger partial charge is 0.391 e. The van der Waals surface area contributed by atoms with Gasteiger partial charge in [0, 0.05) is 13.2 Å². The Bertz CT molecular complexity index is 201. The minimum atomic E-state index is -0.563. The predicted molar refractivity (Wildman–Crippen MR) is 48.9 cm³/mol. The van der Waals surface area contributed by atoms with Crippen LogP contribution in [0, 0.1) is 22.7 Å². The molecule has 1 atom stereocenters. The van der Waals surface area contributed by atoms with Crippen LogP contribution in [-0.4, -0.2) is 24.4 Å². The highest BCUT2D eigenvalue weighted by Crippen LogP contribution is 2.36. The van der Waals surface area contributed by atoms with Gasteiger partial charge in [0.1, 0.15) is 0 Å². The quantitative estimate of drug-likeness (QED) is 0.702. The van der Waals surface area contributed by atoms with E-state index in [1.807, 2.05) is 13.8 Å². The minimum absolute atomic E-state index is 0.137. The molecular weight excluding hydrogens is 166 g/mol. The molecule has 1 unspecified atom stereocenters. The maximum absolute atomic E-state index is 9.92. The van der Waals surface area contributed by atoms with E-state index in [9.17, 15) is 5.11 Å². The molecule has 1 N–H and O–H groups in total. The maximum Gasteiger partial charge on any atom is 0.0878 e. The van der Waals surface area contributed by atoms with Crippen LogP contribution in [0.5, 0.6) is 0 Å². The van der Waals surface area contributed by atoms with Gasteiger partial charge in [-0.15, -0.1) is 0 Å². The lowest BCUT2D eigenvalue weighted by Gasteiger charge is -2.36. The fourth-order valence-corrected chi connectivity index (χ4v) is 1.85. The Morgan fingerprint density at radius 3 is 2.31 bits per heavy atom. The third-order valence-corrected chi connectivity index (χ3v) is 2.81. The third kappa shape index (κ3) is 2.01. The van der Waals surface area contributed by atoms with Crippen LogP contribution in [-0.2, 0) is 4.74 Å². The summed E-state index contributed by atoms with van der Waals surface area (Å²) in [7, 11) is 0. The second-order valence-corrected chi connectivity index (χ2v) is 4.07. The zero-order chi connectivity index (χ0) is 9.90. The molecule has 74 valence electrons. The van der Waals surface area contributed by atoms with Crippen LogP contribution in [0.4, 0.5) is 0 Å². The summed E-state index contributed by atoms with van der Waals surface area (Å²) in [5.74, 6) is 0.137. The molecule has 1 saturated heterocycles. The first-order valence-electron chi connectivity index (χ1n) is 4.79. The Labute approximate surface area is 79.3 Å². The first-order valence-corrected chi connectivity index (χ1v) is 4.79. The van der Waals surface area contributed by atoms with E-state index < -0.39 is 11.5 Å². The number of aliphatic hydroxyl groups is 1. The van der Waals surface area contributed by atoms with E-state index in [1.165, 1.54) is 0 Å². The van der Waals surface area contributed by atoms with Crippen molar-refractivity contribution < 1.29 is 9.84 Å².